The summed E-state index contributed by atoms with van der Waals surface area (Å²) in [5.74, 6) is 1.14. The quantitative estimate of drug-likeness (QED) is 0.571. The lowest BCUT2D eigenvalue weighted by Gasteiger charge is -2.33. The summed E-state index contributed by atoms with van der Waals surface area (Å²) in [4.78, 5) is 32.9. The van der Waals surface area contributed by atoms with Crippen LogP contribution in [-0.4, -0.2) is 64.9 Å². The number of carbonyl (C=O) groups excluding carboxylic acids is 1. The number of aryl methyl sites for hydroxylation is 1. The number of likely N-dealkylation sites (N-methyl/N-ethyl adjacent to an activating group) is 1. The topological polar surface area (TPSA) is 52.6 Å². The molecular weight excluding hydrogens is 426 g/mol. The molecule has 3 aromatic heterocycles. The molecule has 6 nitrogen and oxygen atoms in total. The van der Waals surface area contributed by atoms with Crippen LogP contribution in [0.4, 0.5) is 5.82 Å². The fourth-order valence-electron chi connectivity index (χ4n) is 4.80. The Hall–Kier alpha value is -2.03. The van der Waals surface area contributed by atoms with E-state index in [9.17, 15) is 4.79 Å². The molecule has 0 radical (unpaired) electrons. The first kappa shape index (κ1) is 20.8. The molecule has 1 aliphatic heterocycles. The average Bonchev–Trinajstić information content (AvgIpc) is 3.54. The lowest BCUT2D eigenvalue weighted by Crippen LogP contribution is -2.44. The second-order valence-electron chi connectivity index (χ2n) is 8.67. The molecule has 1 aliphatic carbocycles. The number of thiophene rings is 2. The SMILES string of the molecule is Cc1c(C(=O)N(Cc2cccs2)C2CCCC2)sc2ncnc(N3CCN(C)CC3)c12. The van der Waals surface area contributed by atoms with Crippen molar-refractivity contribution in [1.29, 1.82) is 0 Å². The fraction of sp³-hybridized carbons (Fsp3) is 0.522. The van der Waals surface area contributed by atoms with Crippen molar-refractivity contribution >= 4 is 44.6 Å². The first-order valence-corrected chi connectivity index (χ1v) is 12.8. The van der Waals surface area contributed by atoms with Crippen molar-refractivity contribution in [3.05, 3.63) is 39.2 Å². The molecule has 0 bridgehead atoms. The van der Waals surface area contributed by atoms with E-state index in [0.717, 1.165) is 65.5 Å². The van der Waals surface area contributed by atoms with Gasteiger partial charge in [0.05, 0.1) is 16.8 Å². The number of amides is 1. The van der Waals surface area contributed by atoms with Gasteiger partial charge < -0.3 is 14.7 Å². The fourth-order valence-corrected chi connectivity index (χ4v) is 6.60. The van der Waals surface area contributed by atoms with Gasteiger partial charge in [-0.3, -0.25) is 4.79 Å². The predicted molar refractivity (Wildman–Crippen MR) is 128 cm³/mol. The Bertz CT molecular complexity index is 1050. The molecule has 1 saturated heterocycles. The lowest BCUT2D eigenvalue weighted by atomic mass is 10.1. The van der Waals surface area contributed by atoms with Crippen LogP contribution >= 0.6 is 22.7 Å². The van der Waals surface area contributed by atoms with Crippen molar-refractivity contribution in [1.82, 2.24) is 19.8 Å². The minimum atomic E-state index is 0.158. The summed E-state index contributed by atoms with van der Waals surface area (Å²) >= 11 is 3.26. The minimum absolute atomic E-state index is 0.158. The summed E-state index contributed by atoms with van der Waals surface area (Å²) in [6.07, 6.45) is 6.29. The van der Waals surface area contributed by atoms with E-state index < -0.39 is 0 Å². The van der Waals surface area contributed by atoms with Gasteiger partial charge in [0.25, 0.3) is 5.91 Å². The monoisotopic (exact) mass is 455 g/mol. The van der Waals surface area contributed by atoms with Crippen LogP contribution in [0, 0.1) is 6.92 Å². The summed E-state index contributed by atoms with van der Waals surface area (Å²) in [6.45, 7) is 6.73. The number of anilines is 1. The predicted octanol–water partition coefficient (Wildman–Crippen LogP) is 4.40. The minimum Gasteiger partial charge on any atom is -0.353 e. The molecule has 2 fully saturated rings. The Kier molecular flexibility index (Phi) is 5.95. The Morgan fingerprint density at radius 3 is 2.68 bits per heavy atom. The molecule has 0 unspecified atom stereocenters. The van der Waals surface area contributed by atoms with Crippen LogP contribution in [0.3, 0.4) is 0 Å². The van der Waals surface area contributed by atoms with Gasteiger partial charge in [0.15, 0.2) is 0 Å². The first-order valence-electron chi connectivity index (χ1n) is 11.1. The van der Waals surface area contributed by atoms with E-state index in [0.29, 0.717) is 12.6 Å². The number of hydrogen-bond donors (Lipinski definition) is 0. The zero-order valence-corrected chi connectivity index (χ0v) is 19.8. The normalized spacial score (nSPS) is 18.2. The van der Waals surface area contributed by atoms with Gasteiger partial charge in [-0.1, -0.05) is 18.9 Å². The first-order chi connectivity index (χ1) is 15.1. The molecule has 8 heteroatoms. The van der Waals surface area contributed by atoms with E-state index in [4.69, 9.17) is 0 Å². The van der Waals surface area contributed by atoms with Crippen molar-refractivity contribution in [3.63, 3.8) is 0 Å². The largest absolute Gasteiger partial charge is 0.353 e. The van der Waals surface area contributed by atoms with Gasteiger partial charge >= 0.3 is 0 Å². The van der Waals surface area contributed by atoms with Crippen molar-refractivity contribution in [2.45, 2.75) is 45.2 Å². The number of hydrogen-bond acceptors (Lipinski definition) is 7. The maximum atomic E-state index is 13.9. The molecule has 164 valence electrons. The molecular formula is C23H29N5OS2. The molecule has 0 N–H and O–H groups in total. The molecule has 5 rings (SSSR count). The third-order valence-electron chi connectivity index (χ3n) is 6.64. The molecule has 0 spiro atoms. The van der Waals surface area contributed by atoms with E-state index in [1.54, 1.807) is 17.7 Å². The van der Waals surface area contributed by atoms with Gasteiger partial charge in [-0.15, -0.1) is 22.7 Å². The van der Waals surface area contributed by atoms with Gasteiger partial charge in [0.2, 0.25) is 0 Å². The zero-order chi connectivity index (χ0) is 21.4. The van der Waals surface area contributed by atoms with Gasteiger partial charge in [-0.25, -0.2) is 9.97 Å². The van der Waals surface area contributed by atoms with Crippen molar-refractivity contribution in [2.24, 2.45) is 0 Å². The van der Waals surface area contributed by atoms with E-state index in [1.165, 1.54) is 29.1 Å². The van der Waals surface area contributed by atoms with Crippen LogP contribution in [0.2, 0.25) is 0 Å². The highest BCUT2D eigenvalue weighted by molar-refractivity contribution is 7.20. The number of nitrogens with zero attached hydrogens (tertiary/aromatic N) is 5. The van der Waals surface area contributed by atoms with Crippen molar-refractivity contribution in [3.8, 4) is 0 Å². The van der Waals surface area contributed by atoms with E-state index in [-0.39, 0.29) is 5.91 Å². The van der Waals surface area contributed by atoms with Crippen LogP contribution in [0.1, 0.15) is 45.8 Å². The third kappa shape index (κ3) is 4.08. The Balaban J connectivity index is 1.50. The van der Waals surface area contributed by atoms with Gasteiger partial charge in [-0.05, 0) is 43.8 Å². The number of carbonyl (C=O) groups is 1. The average molecular weight is 456 g/mol. The smallest absolute Gasteiger partial charge is 0.264 e. The Labute approximate surface area is 191 Å². The van der Waals surface area contributed by atoms with E-state index in [1.807, 2.05) is 0 Å². The van der Waals surface area contributed by atoms with Crippen LogP contribution in [0.5, 0.6) is 0 Å². The maximum absolute atomic E-state index is 13.9. The molecule has 3 aromatic rings. The molecule has 31 heavy (non-hydrogen) atoms. The van der Waals surface area contributed by atoms with Crippen LogP contribution in [0.25, 0.3) is 10.2 Å². The summed E-state index contributed by atoms with van der Waals surface area (Å²) in [5, 5.41) is 3.15. The Morgan fingerprint density at radius 2 is 1.97 bits per heavy atom. The molecule has 0 atom stereocenters. The number of fused-ring (bicyclic) bond motifs is 1. The second kappa shape index (κ2) is 8.84. The molecule has 1 saturated carbocycles. The molecule has 1 amide bonds. The van der Waals surface area contributed by atoms with Gasteiger partial charge in [0, 0.05) is 37.1 Å². The highest BCUT2D eigenvalue weighted by Crippen LogP contribution is 2.37. The number of rotatable bonds is 5. The summed E-state index contributed by atoms with van der Waals surface area (Å²) in [5.41, 5.74) is 1.04. The van der Waals surface area contributed by atoms with Crippen LogP contribution in [0.15, 0.2) is 23.8 Å². The highest BCUT2D eigenvalue weighted by atomic mass is 32.1. The third-order valence-corrected chi connectivity index (χ3v) is 8.69. The van der Waals surface area contributed by atoms with Crippen molar-refractivity contribution in [2.75, 3.05) is 38.1 Å². The summed E-state index contributed by atoms with van der Waals surface area (Å²) < 4.78 is 0. The van der Waals surface area contributed by atoms with Crippen LogP contribution < -0.4 is 4.90 Å². The molecule has 0 aromatic carbocycles. The highest BCUT2D eigenvalue weighted by Gasteiger charge is 2.31. The summed E-state index contributed by atoms with van der Waals surface area (Å²) in [7, 11) is 2.16. The zero-order valence-electron chi connectivity index (χ0n) is 18.2. The standard InChI is InChI=1S/C23H29N5OS2/c1-16-19-21(27-11-9-26(2)10-12-27)24-15-25-22(19)31-20(16)23(29)28(17-6-3-4-7-17)14-18-8-5-13-30-18/h5,8,13,15,17H,3-4,6-7,9-12,14H2,1-2H3. The maximum Gasteiger partial charge on any atom is 0.264 e. The van der Waals surface area contributed by atoms with E-state index >= 15 is 0 Å². The van der Waals surface area contributed by atoms with Crippen LogP contribution in [-0.2, 0) is 6.54 Å². The molecule has 4 heterocycles. The second-order valence-corrected chi connectivity index (χ2v) is 10.7. The lowest BCUT2D eigenvalue weighted by molar-refractivity contribution is 0.0671. The number of piperazine rings is 1. The van der Waals surface area contributed by atoms with Crippen molar-refractivity contribution < 1.29 is 4.79 Å². The molecule has 2 aliphatic rings. The van der Waals surface area contributed by atoms with Gasteiger partial charge in [-0.2, -0.15) is 0 Å². The van der Waals surface area contributed by atoms with E-state index in [2.05, 4.69) is 56.2 Å². The summed E-state index contributed by atoms with van der Waals surface area (Å²) in [6, 6.07) is 4.54. The van der Waals surface area contributed by atoms with Gasteiger partial charge in [0.1, 0.15) is 17.0 Å². The Morgan fingerprint density at radius 1 is 1.19 bits per heavy atom. The number of aromatic nitrogens is 2.